The van der Waals surface area contributed by atoms with E-state index in [0.717, 1.165) is 17.0 Å². The molecule has 0 aliphatic carbocycles. The smallest absolute Gasteiger partial charge is 0.272 e. The monoisotopic (exact) mass is 433 g/mol. The predicted molar refractivity (Wildman–Crippen MR) is 117 cm³/mol. The quantitative estimate of drug-likeness (QED) is 0.496. The summed E-state index contributed by atoms with van der Waals surface area (Å²) >= 11 is 0. The molecule has 164 valence electrons. The van der Waals surface area contributed by atoms with E-state index in [1.165, 1.54) is 6.33 Å². The number of nitrogens with zero attached hydrogens (tertiary/aromatic N) is 7. The van der Waals surface area contributed by atoms with Gasteiger partial charge in [-0.25, -0.2) is 13.9 Å². The van der Waals surface area contributed by atoms with Crippen LogP contribution < -0.4 is 0 Å². The second-order valence-electron chi connectivity index (χ2n) is 8.70. The van der Waals surface area contributed by atoms with Gasteiger partial charge in [-0.15, -0.1) is 0 Å². The maximum absolute atomic E-state index is 15.5. The van der Waals surface area contributed by atoms with Crippen molar-refractivity contribution in [1.29, 1.82) is 0 Å². The van der Waals surface area contributed by atoms with Gasteiger partial charge in [-0.05, 0) is 32.4 Å². The van der Waals surface area contributed by atoms with Crippen molar-refractivity contribution in [3.05, 3.63) is 65.9 Å². The highest BCUT2D eigenvalue weighted by atomic mass is 19.1. The van der Waals surface area contributed by atoms with E-state index in [1.54, 1.807) is 34.1 Å². The van der Waals surface area contributed by atoms with Gasteiger partial charge in [-0.2, -0.15) is 15.2 Å². The Morgan fingerprint density at radius 2 is 2.00 bits per heavy atom. The number of piperidine rings is 1. The second-order valence-corrected chi connectivity index (χ2v) is 8.70. The topological polar surface area (TPSA) is 81.2 Å². The summed E-state index contributed by atoms with van der Waals surface area (Å²) < 4.78 is 18.7. The first-order chi connectivity index (χ1) is 15.3. The van der Waals surface area contributed by atoms with Crippen molar-refractivity contribution in [2.75, 3.05) is 13.1 Å². The summed E-state index contributed by atoms with van der Waals surface area (Å²) in [5.41, 5.74) is 2.11. The van der Waals surface area contributed by atoms with Gasteiger partial charge in [-0.3, -0.25) is 9.48 Å². The molecule has 0 saturated carbocycles. The number of carbonyl (C=O) groups excluding carboxylic acids is 1. The van der Waals surface area contributed by atoms with Crippen LogP contribution in [0.2, 0.25) is 0 Å². The first kappa shape index (κ1) is 20.3. The summed E-state index contributed by atoms with van der Waals surface area (Å²) in [6.45, 7) is 3.82. The van der Waals surface area contributed by atoms with Crippen LogP contribution in [-0.4, -0.2) is 58.9 Å². The SMILES string of the molecule is Cc1cc(C2CN(C(=O)c3cc(-c4ccccc4)nn3C)CC(C)(F)C2)n2ncnc2n1. The van der Waals surface area contributed by atoms with E-state index in [-0.39, 0.29) is 24.8 Å². The lowest BCUT2D eigenvalue weighted by molar-refractivity contribution is 0.0334. The average molecular weight is 433 g/mol. The van der Waals surface area contributed by atoms with Crippen LogP contribution >= 0.6 is 0 Å². The minimum absolute atomic E-state index is 0.0265. The molecule has 4 heterocycles. The minimum Gasteiger partial charge on any atom is -0.333 e. The molecule has 5 rings (SSSR count). The normalized spacial score (nSPS) is 21.2. The molecule has 2 atom stereocenters. The first-order valence-electron chi connectivity index (χ1n) is 10.6. The summed E-state index contributed by atoms with van der Waals surface area (Å²) in [6.07, 6.45) is 1.72. The van der Waals surface area contributed by atoms with Gasteiger partial charge in [-0.1, -0.05) is 30.3 Å². The molecule has 0 bridgehead atoms. The van der Waals surface area contributed by atoms with Gasteiger partial charge in [0.15, 0.2) is 0 Å². The van der Waals surface area contributed by atoms with Gasteiger partial charge in [0, 0.05) is 30.8 Å². The summed E-state index contributed by atoms with van der Waals surface area (Å²) in [7, 11) is 1.74. The molecule has 1 amide bonds. The van der Waals surface area contributed by atoms with Gasteiger partial charge in [0.2, 0.25) is 0 Å². The molecule has 8 nitrogen and oxygen atoms in total. The van der Waals surface area contributed by atoms with E-state index < -0.39 is 5.67 Å². The molecule has 3 aromatic heterocycles. The van der Waals surface area contributed by atoms with Crippen LogP contribution in [0.4, 0.5) is 4.39 Å². The average Bonchev–Trinajstić information content (AvgIpc) is 3.38. The highest BCUT2D eigenvalue weighted by molar-refractivity contribution is 5.94. The largest absolute Gasteiger partial charge is 0.333 e. The molecule has 32 heavy (non-hydrogen) atoms. The van der Waals surface area contributed by atoms with Crippen LogP contribution in [0.25, 0.3) is 17.0 Å². The first-order valence-corrected chi connectivity index (χ1v) is 10.6. The number of carbonyl (C=O) groups is 1. The molecule has 0 spiro atoms. The minimum atomic E-state index is -1.54. The highest BCUT2D eigenvalue weighted by Gasteiger charge is 2.40. The number of aromatic nitrogens is 6. The van der Waals surface area contributed by atoms with E-state index in [9.17, 15) is 4.79 Å². The molecule has 1 aliphatic rings. The Kier molecular flexibility index (Phi) is 4.76. The maximum Gasteiger partial charge on any atom is 0.272 e. The highest BCUT2D eigenvalue weighted by Crippen LogP contribution is 2.36. The van der Waals surface area contributed by atoms with Crippen LogP contribution in [0.3, 0.4) is 0 Å². The lowest BCUT2D eigenvalue weighted by Gasteiger charge is -2.40. The Hall–Kier alpha value is -3.62. The fraction of sp³-hybridized carbons (Fsp3) is 0.348. The van der Waals surface area contributed by atoms with E-state index in [4.69, 9.17) is 0 Å². The summed E-state index contributed by atoms with van der Waals surface area (Å²) in [6, 6.07) is 13.3. The van der Waals surface area contributed by atoms with Crippen molar-refractivity contribution >= 4 is 11.7 Å². The van der Waals surface area contributed by atoms with Crippen molar-refractivity contribution in [3.8, 4) is 11.3 Å². The van der Waals surface area contributed by atoms with Gasteiger partial charge in [0.1, 0.15) is 17.7 Å². The fourth-order valence-corrected chi connectivity index (χ4v) is 4.55. The molecule has 1 fully saturated rings. The van der Waals surface area contributed by atoms with Crippen LogP contribution in [0, 0.1) is 6.92 Å². The predicted octanol–water partition coefficient (Wildman–Crippen LogP) is 3.19. The standard InChI is InChI=1S/C23H24FN7O/c1-15-9-19(31-22(27-15)25-14-26-31)17-11-23(2,24)13-30(12-17)21(32)20-10-18(28-29(20)3)16-7-5-4-6-8-16/h4-10,14,17H,11-13H2,1-3H3. The molecule has 1 aliphatic heterocycles. The number of hydrogen-bond donors (Lipinski definition) is 0. The van der Waals surface area contributed by atoms with Gasteiger partial charge < -0.3 is 4.90 Å². The molecule has 1 saturated heterocycles. The van der Waals surface area contributed by atoms with Crippen molar-refractivity contribution in [2.45, 2.75) is 31.9 Å². The molecular formula is C23H24FN7O. The van der Waals surface area contributed by atoms with Crippen molar-refractivity contribution < 1.29 is 9.18 Å². The third-order valence-corrected chi connectivity index (χ3v) is 5.91. The Labute approximate surface area is 184 Å². The second kappa shape index (κ2) is 7.51. The molecule has 2 unspecified atom stereocenters. The lowest BCUT2D eigenvalue weighted by Crippen LogP contribution is -2.50. The molecule has 0 radical (unpaired) electrons. The Balaban J connectivity index is 1.48. The zero-order valence-corrected chi connectivity index (χ0v) is 18.2. The third kappa shape index (κ3) is 3.63. The lowest BCUT2D eigenvalue weighted by atomic mass is 9.85. The van der Waals surface area contributed by atoms with E-state index in [2.05, 4.69) is 20.2 Å². The number of halogens is 1. The molecule has 0 N–H and O–H groups in total. The van der Waals surface area contributed by atoms with Crippen LogP contribution in [0.1, 0.15) is 41.1 Å². The Bertz CT molecular complexity index is 1290. The molecule has 1 aromatic carbocycles. The van der Waals surface area contributed by atoms with Crippen LogP contribution in [-0.2, 0) is 7.05 Å². The fourth-order valence-electron chi connectivity index (χ4n) is 4.55. The zero-order valence-electron chi connectivity index (χ0n) is 18.2. The van der Waals surface area contributed by atoms with Crippen LogP contribution in [0.5, 0.6) is 0 Å². The van der Waals surface area contributed by atoms with Gasteiger partial charge in [0.05, 0.1) is 17.9 Å². The molecular weight excluding hydrogens is 409 g/mol. The number of likely N-dealkylation sites (tertiary alicyclic amines) is 1. The van der Waals surface area contributed by atoms with E-state index >= 15 is 4.39 Å². The number of rotatable bonds is 3. The van der Waals surface area contributed by atoms with Crippen molar-refractivity contribution in [2.24, 2.45) is 7.05 Å². The van der Waals surface area contributed by atoms with E-state index in [0.29, 0.717) is 23.7 Å². The number of hydrogen-bond acceptors (Lipinski definition) is 5. The zero-order chi connectivity index (χ0) is 22.5. The number of amides is 1. The van der Waals surface area contributed by atoms with Gasteiger partial charge >= 0.3 is 0 Å². The van der Waals surface area contributed by atoms with E-state index in [1.807, 2.05) is 43.3 Å². The van der Waals surface area contributed by atoms with Crippen molar-refractivity contribution in [3.63, 3.8) is 0 Å². The number of benzene rings is 1. The van der Waals surface area contributed by atoms with Crippen molar-refractivity contribution in [1.82, 2.24) is 34.3 Å². The number of fused-ring (bicyclic) bond motifs is 1. The Morgan fingerprint density at radius 3 is 2.78 bits per heavy atom. The number of aryl methyl sites for hydroxylation is 2. The molecule has 4 aromatic rings. The maximum atomic E-state index is 15.5. The summed E-state index contributed by atoms with van der Waals surface area (Å²) in [5, 5.41) is 8.77. The van der Waals surface area contributed by atoms with Gasteiger partial charge in [0.25, 0.3) is 11.7 Å². The summed E-state index contributed by atoms with van der Waals surface area (Å²) in [4.78, 5) is 23.6. The third-order valence-electron chi connectivity index (χ3n) is 5.91. The Morgan fingerprint density at radius 1 is 1.22 bits per heavy atom. The molecule has 9 heteroatoms. The van der Waals surface area contributed by atoms with Crippen LogP contribution in [0.15, 0.2) is 48.8 Å². The number of alkyl halides is 1. The summed E-state index contributed by atoms with van der Waals surface area (Å²) in [5.74, 6) is -0.00469.